The first-order chi connectivity index (χ1) is 12.5. The smallest absolute Gasteiger partial charge is 0.303 e. The molecule has 0 aliphatic carbocycles. The van der Waals surface area contributed by atoms with Gasteiger partial charge in [0.15, 0.2) is 0 Å². The molecule has 2 atom stereocenters. The Morgan fingerprint density at radius 2 is 1.07 bits per heavy atom. The van der Waals surface area contributed by atoms with Gasteiger partial charge in [-0.3, -0.25) is 9.59 Å². The molecule has 27 heavy (non-hydrogen) atoms. The molecule has 6 heteroatoms. The summed E-state index contributed by atoms with van der Waals surface area (Å²) in [4.78, 5) is 21.0. The fraction of sp³-hybridized carbons (Fsp3) is 0.905. The van der Waals surface area contributed by atoms with Gasteiger partial charge in [0.05, 0.1) is 13.2 Å². The highest BCUT2D eigenvalue weighted by molar-refractivity contribution is 5.66. The van der Waals surface area contributed by atoms with E-state index in [9.17, 15) is 9.59 Å². The average molecular weight is 389 g/mol. The predicted molar refractivity (Wildman–Crippen MR) is 106 cm³/mol. The fourth-order valence-corrected chi connectivity index (χ4v) is 2.45. The highest BCUT2D eigenvalue weighted by Gasteiger charge is 2.42. The van der Waals surface area contributed by atoms with Crippen molar-refractivity contribution in [2.24, 2.45) is 0 Å². The first kappa shape index (κ1) is 25.9. The second kappa shape index (κ2) is 12.3. The maximum absolute atomic E-state index is 10.5. The number of rotatable bonds is 8. The molecule has 0 aromatic carbocycles. The van der Waals surface area contributed by atoms with Crippen LogP contribution in [-0.2, 0) is 28.5 Å². The van der Waals surface area contributed by atoms with Gasteiger partial charge in [-0.15, -0.1) is 0 Å². The number of carbonyl (C=O) groups excluding carboxylic acids is 2. The first-order valence-electron chi connectivity index (χ1n) is 10.1. The lowest BCUT2D eigenvalue weighted by Gasteiger charge is -2.21. The van der Waals surface area contributed by atoms with Crippen molar-refractivity contribution < 1.29 is 28.5 Å². The Labute approximate surface area is 165 Å². The molecule has 2 fully saturated rings. The SMILES string of the molecule is CC(=O)OC(C)(C)C1CO1.CC(=O)OC(C)(C)C1CO1.CCCCCCC. The molecule has 0 radical (unpaired) electrons. The number of carbonyl (C=O) groups is 2. The van der Waals surface area contributed by atoms with Crippen LogP contribution in [0.1, 0.15) is 87.5 Å². The lowest BCUT2D eigenvalue weighted by molar-refractivity contribution is -0.156. The molecule has 0 amide bonds. The van der Waals surface area contributed by atoms with Crippen molar-refractivity contribution in [2.45, 2.75) is 111 Å². The standard InChI is InChI=1S/2C7H12O3.C7H16/c2*1-5(8)10-7(2,3)6-4-9-6;1-3-5-7-6-4-2/h2*6H,4H2,1-3H3;3-7H2,1-2H3. The van der Waals surface area contributed by atoms with Crippen molar-refractivity contribution in [3.05, 3.63) is 0 Å². The van der Waals surface area contributed by atoms with E-state index in [4.69, 9.17) is 18.9 Å². The Kier molecular flexibility index (Phi) is 11.8. The number of epoxide rings is 2. The van der Waals surface area contributed by atoms with E-state index in [1.54, 1.807) is 0 Å². The lowest BCUT2D eigenvalue weighted by Crippen LogP contribution is -2.33. The zero-order chi connectivity index (χ0) is 21.1. The predicted octanol–water partition coefficient (Wildman–Crippen LogP) is 4.43. The summed E-state index contributed by atoms with van der Waals surface area (Å²) in [6.45, 7) is 16.1. The van der Waals surface area contributed by atoms with Gasteiger partial charge in [-0.1, -0.05) is 46.0 Å². The second-order valence-electron chi connectivity index (χ2n) is 8.10. The van der Waals surface area contributed by atoms with Gasteiger partial charge >= 0.3 is 11.9 Å². The van der Waals surface area contributed by atoms with Gasteiger partial charge in [0.1, 0.15) is 23.4 Å². The van der Waals surface area contributed by atoms with Crippen LogP contribution in [0.2, 0.25) is 0 Å². The van der Waals surface area contributed by atoms with E-state index in [-0.39, 0.29) is 24.1 Å². The molecular weight excluding hydrogens is 348 g/mol. The van der Waals surface area contributed by atoms with E-state index >= 15 is 0 Å². The van der Waals surface area contributed by atoms with Crippen LogP contribution in [0.15, 0.2) is 0 Å². The molecule has 160 valence electrons. The monoisotopic (exact) mass is 388 g/mol. The van der Waals surface area contributed by atoms with Gasteiger partial charge in [0.2, 0.25) is 0 Å². The minimum absolute atomic E-state index is 0.108. The second-order valence-corrected chi connectivity index (χ2v) is 8.10. The molecule has 2 rings (SSSR count). The zero-order valence-corrected chi connectivity index (χ0v) is 18.6. The molecule has 2 aliphatic rings. The van der Waals surface area contributed by atoms with Gasteiger partial charge in [-0.05, 0) is 27.7 Å². The maximum Gasteiger partial charge on any atom is 0.303 e. The quantitative estimate of drug-likeness (QED) is 0.348. The molecule has 0 saturated carbocycles. The van der Waals surface area contributed by atoms with E-state index < -0.39 is 11.2 Å². The largest absolute Gasteiger partial charge is 0.457 e. The van der Waals surface area contributed by atoms with Crippen LogP contribution < -0.4 is 0 Å². The number of esters is 2. The Balaban J connectivity index is 0.000000384. The summed E-state index contributed by atoms with van der Waals surface area (Å²) in [5, 5.41) is 0. The van der Waals surface area contributed by atoms with Crippen molar-refractivity contribution in [2.75, 3.05) is 13.2 Å². The molecule has 2 aliphatic heterocycles. The third-order valence-corrected chi connectivity index (χ3v) is 4.24. The molecule has 0 spiro atoms. The highest BCUT2D eigenvalue weighted by Crippen LogP contribution is 2.27. The molecule has 6 nitrogen and oxygen atoms in total. The Morgan fingerprint density at radius 3 is 1.26 bits per heavy atom. The van der Waals surface area contributed by atoms with Crippen LogP contribution in [0.5, 0.6) is 0 Å². The van der Waals surface area contributed by atoms with Crippen LogP contribution in [-0.4, -0.2) is 48.6 Å². The Bertz CT molecular complexity index is 396. The summed E-state index contributed by atoms with van der Waals surface area (Å²) < 4.78 is 20.0. The van der Waals surface area contributed by atoms with Crippen LogP contribution >= 0.6 is 0 Å². The summed E-state index contributed by atoms with van der Waals surface area (Å²) in [5.74, 6) is -0.499. The van der Waals surface area contributed by atoms with Crippen molar-refractivity contribution in [1.29, 1.82) is 0 Å². The summed E-state index contributed by atoms with van der Waals surface area (Å²) in [6, 6.07) is 0. The van der Waals surface area contributed by atoms with Gasteiger partial charge in [-0.2, -0.15) is 0 Å². The lowest BCUT2D eigenvalue weighted by atomic mass is 10.1. The van der Waals surface area contributed by atoms with E-state index in [1.807, 2.05) is 27.7 Å². The average Bonchev–Trinajstić information content (AvgIpc) is 3.39. The van der Waals surface area contributed by atoms with Gasteiger partial charge in [0.25, 0.3) is 0 Å². The summed E-state index contributed by atoms with van der Waals surface area (Å²) in [6.07, 6.45) is 7.22. The van der Waals surface area contributed by atoms with Crippen LogP contribution in [0.4, 0.5) is 0 Å². The van der Waals surface area contributed by atoms with Gasteiger partial charge in [-0.25, -0.2) is 0 Å². The molecule has 2 heterocycles. The van der Waals surface area contributed by atoms with E-state index in [0.717, 1.165) is 0 Å². The summed E-state index contributed by atoms with van der Waals surface area (Å²) >= 11 is 0. The van der Waals surface area contributed by atoms with Crippen LogP contribution in [0.3, 0.4) is 0 Å². The minimum atomic E-state index is -0.439. The highest BCUT2D eigenvalue weighted by atomic mass is 16.6. The maximum atomic E-state index is 10.5. The van der Waals surface area contributed by atoms with E-state index in [1.165, 1.54) is 46.0 Å². The summed E-state index contributed by atoms with van der Waals surface area (Å²) in [7, 11) is 0. The van der Waals surface area contributed by atoms with Crippen molar-refractivity contribution in [1.82, 2.24) is 0 Å². The molecule has 0 bridgehead atoms. The van der Waals surface area contributed by atoms with Crippen LogP contribution in [0, 0.1) is 0 Å². The molecule has 0 aromatic rings. The van der Waals surface area contributed by atoms with Crippen molar-refractivity contribution in [3.8, 4) is 0 Å². The normalized spacial score (nSPS) is 20.3. The Hall–Kier alpha value is -1.14. The van der Waals surface area contributed by atoms with Gasteiger partial charge in [0, 0.05) is 13.8 Å². The molecule has 2 saturated heterocycles. The van der Waals surface area contributed by atoms with Crippen molar-refractivity contribution in [3.63, 3.8) is 0 Å². The van der Waals surface area contributed by atoms with E-state index in [0.29, 0.717) is 13.2 Å². The fourth-order valence-electron chi connectivity index (χ4n) is 2.45. The zero-order valence-electron chi connectivity index (χ0n) is 18.6. The molecule has 0 N–H and O–H groups in total. The molecule has 2 unspecified atom stereocenters. The van der Waals surface area contributed by atoms with Crippen LogP contribution in [0.25, 0.3) is 0 Å². The molecule has 0 aromatic heterocycles. The topological polar surface area (TPSA) is 77.7 Å². The number of hydrogen-bond acceptors (Lipinski definition) is 6. The summed E-state index contributed by atoms with van der Waals surface area (Å²) in [5.41, 5.74) is -0.877. The van der Waals surface area contributed by atoms with Gasteiger partial charge < -0.3 is 18.9 Å². The third-order valence-electron chi connectivity index (χ3n) is 4.24. The number of unbranched alkanes of at least 4 members (excludes halogenated alkanes) is 4. The number of ether oxygens (including phenoxy) is 4. The number of hydrogen-bond donors (Lipinski definition) is 0. The molecular formula is C21H40O6. The Morgan fingerprint density at radius 1 is 0.778 bits per heavy atom. The minimum Gasteiger partial charge on any atom is -0.457 e. The first-order valence-corrected chi connectivity index (χ1v) is 10.1. The van der Waals surface area contributed by atoms with E-state index in [2.05, 4.69) is 13.8 Å². The third kappa shape index (κ3) is 13.6. The van der Waals surface area contributed by atoms with Crippen molar-refractivity contribution >= 4 is 11.9 Å².